The quantitative estimate of drug-likeness (QED) is 0.931. The van der Waals surface area contributed by atoms with E-state index in [9.17, 15) is 14.3 Å². The monoisotopic (exact) mass is 271 g/mol. The van der Waals surface area contributed by atoms with Crippen molar-refractivity contribution in [2.24, 2.45) is 0 Å². The first kappa shape index (κ1) is 13.6. The Morgan fingerprint density at radius 2 is 2.05 bits per heavy atom. The second-order valence-electron chi connectivity index (χ2n) is 4.06. The van der Waals surface area contributed by atoms with Gasteiger partial charge in [-0.25, -0.2) is 9.18 Å². The summed E-state index contributed by atoms with van der Waals surface area (Å²) < 4.78 is 18.4. The van der Waals surface area contributed by atoms with E-state index in [-0.39, 0.29) is 11.1 Å². The summed E-state index contributed by atoms with van der Waals surface area (Å²) in [6.07, 6.45) is 0. The molecule has 0 aliphatic rings. The second kappa shape index (κ2) is 5.41. The molecule has 0 aromatic heterocycles. The Morgan fingerprint density at radius 1 is 1.30 bits per heavy atom. The maximum absolute atomic E-state index is 13.5. The molecule has 0 heterocycles. The summed E-state index contributed by atoms with van der Waals surface area (Å²) in [4.78, 5) is 11.3. The third-order valence-corrected chi connectivity index (χ3v) is 2.80. The number of benzene rings is 2. The van der Waals surface area contributed by atoms with Gasteiger partial charge in [0, 0.05) is 0 Å². The predicted octanol–water partition coefficient (Wildman–Crippen LogP) is 3.07. The van der Waals surface area contributed by atoms with Crippen LogP contribution in [0.15, 0.2) is 36.4 Å². The maximum atomic E-state index is 13.5. The first-order chi connectivity index (χ1) is 9.55. The number of carboxylic acid groups (broad SMARTS) is 1. The number of methoxy groups -OCH3 is 1. The molecule has 0 aliphatic heterocycles. The summed E-state index contributed by atoms with van der Waals surface area (Å²) >= 11 is 0. The van der Waals surface area contributed by atoms with E-state index in [1.165, 1.54) is 31.4 Å². The van der Waals surface area contributed by atoms with Crippen LogP contribution in [-0.4, -0.2) is 18.2 Å². The molecule has 20 heavy (non-hydrogen) atoms. The van der Waals surface area contributed by atoms with Crippen molar-refractivity contribution in [2.75, 3.05) is 7.11 Å². The first-order valence-corrected chi connectivity index (χ1v) is 5.67. The Labute approximate surface area is 114 Å². The van der Waals surface area contributed by atoms with Crippen molar-refractivity contribution in [1.29, 1.82) is 5.26 Å². The van der Waals surface area contributed by atoms with Crippen LogP contribution in [-0.2, 0) is 0 Å². The molecule has 2 aromatic rings. The number of halogens is 1. The van der Waals surface area contributed by atoms with E-state index >= 15 is 0 Å². The third kappa shape index (κ3) is 2.59. The molecule has 2 aromatic carbocycles. The molecule has 4 nitrogen and oxygen atoms in total. The number of aromatic carboxylic acids is 1. The Morgan fingerprint density at radius 3 is 2.65 bits per heavy atom. The van der Waals surface area contributed by atoms with Crippen molar-refractivity contribution in [3.63, 3.8) is 0 Å². The van der Waals surface area contributed by atoms with Crippen molar-refractivity contribution >= 4 is 5.97 Å². The summed E-state index contributed by atoms with van der Waals surface area (Å²) in [5.74, 6) is -1.35. The molecule has 0 aliphatic carbocycles. The second-order valence-corrected chi connectivity index (χ2v) is 4.06. The van der Waals surface area contributed by atoms with E-state index in [2.05, 4.69) is 0 Å². The highest BCUT2D eigenvalue weighted by molar-refractivity contribution is 5.96. The van der Waals surface area contributed by atoms with E-state index in [0.717, 1.165) is 6.07 Å². The van der Waals surface area contributed by atoms with E-state index in [1.54, 1.807) is 6.07 Å². The topological polar surface area (TPSA) is 70.3 Å². The SMILES string of the molecule is COc1ccc(-c2cc(F)cc(C#N)c2)c(C(=O)O)c1. The van der Waals surface area contributed by atoms with Crippen molar-refractivity contribution < 1.29 is 19.0 Å². The van der Waals surface area contributed by atoms with Crippen LogP contribution in [0.2, 0.25) is 0 Å². The number of ether oxygens (including phenoxy) is 1. The zero-order valence-corrected chi connectivity index (χ0v) is 10.6. The van der Waals surface area contributed by atoms with E-state index < -0.39 is 11.8 Å². The Bertz CT molecular complexity index is 720. The van der Waals surface area contributed by atoms with E-state index in [0.29, 0.717) is 16.9 Å². The minimum atomic E-state index is -1.15. The lowest BCUT2D eigenvalue weighted by molar-refractivity contribution is 0.0697. The van der Waals surface area contributed by atoms with Crippen LogP contribution in [0.3, 0.4) is 0 Å². The standard InChI is InChI=1S/C15H10FNO3/c1-20-12-2-3-13(14(7-12)15(18)19)10-4-9(8-17)5-11(16)6-10/h2-7H,1H3,(H,18,19). The summed E-state index contributed by atoms with van der Waals surface area (Å²) in [5.41, 5.74) is 0.780. The molecular formula is C15H10FNO3. The molecule has 0 atom stereocenters. The van der Waals surface area contributed by atoms with Crippen LogP contribution in [0.4, 0.5) is 4.39 Å². The molecule has 5 heteroatoms. The fourth-order valence-corrected chi connectivity index (χ4v) is 1.89. The van der Waals surface area contributed by atoms with Gasteiger partial charge in [0.2, 0.25) is 0 Å². The van der Waals surface area contributed by atoms with E-state index in [1.807, 2.05) is 6.07 Å². The van der Waals surface area contributed by atoms with Crippen molar-refractivity contribution in [2.45, 2.75) is 0 Å². The zero-order valence-electron chi connectivity index (χ0n) is 10.6. The van der Waals surface area contributed by atoms with Gasteiger partial charge < -0.3 is 9.84 Å². The fraction of sp³-hybridized carbons (Fsp3) is 0.0667. The maximum Gasteiger partial charge on any atom is 0.336 e. The number of hydrogen-bond donors (Lipinski definition) is 1. The number of carbonyl (C=O) groups is 1. The molecule has 1 N–H and O–H groups in total. The van der Waals surface area contributed by atoms with Gasteiger partial charge in [0.1, 0.15) is 11.6 Å². The van der Waals surface area contributed by atoms with Crippen molar-refractivity contribution in [3.8, 4) is 22.9 Å². The van der Waals surface area contributed by atoms with Gasteiger partial charge >= 0.3 is 5.97 Å². The highest BCUT2D eigenvalue weighted by atomic mass is 19.1. The van der Waals surface area contributed by atoms with Crippen LogP contribution in [0.5, 0.6) is 5.75 Å². The lowest BCUT2D eigenvalue weighted by Gasteiger charge is -2.09. The number of hydrogen-bond acceptors (Lipinski definition) is 3. The van der Waals surface area contributed by atoms with Gasteiger partial charge in [0.15, 0.2) is 0 Å². The average molecular weight is 271 g/mol. The van der Waals surface area contributed by atoms with Gasteiger partial charge in [0.25, 0.3) is 0 Å². The molecule has 0 saturated carbocycles. The molecule has 2 rings (SSSR count). The van der Waals surface area contributed by atoms with Gasteiger partial charge in [-0.2, -0.15) is 5.26 Å². The minimum Gasteiger partial charge on any atom is -0.497 e. The van der Waals surface area contributed by atoms with Crippen LogP contribution in [0.25, 0.3) is 11.1 Å². The smallest absolute Gasteiger partial charge is 0.336 e. The Balaban J connectivity index is 2.66. The van der Waals surface area contributed by atoms with Crippen LogP contribution in [0, 0.1) is 17.1 Å². The first-order valence-electron chi connectivity index (χ1n) is 5.67. The van der Waals surface area contributed by atoms with Gasteiger partial charge in [-0.3, -0.25) is 0 Å². The van der Waals surface area contributed by atoms with Crippen LogP contribution >= 0.6 is 0 Å². The molecule has 0 fully saturated rings. The number of nitrogens with zero attached hydrogens (tertiary/aromatic N) is 1. The molecular weight excluding hydrogens is 261 g/mol. The van der Waals surface area contributed by atoms with Gasteiger partial charge in [-0.1, -0.05) is 0 Å². The van der Waals surface area contributed by atoms with Crippen molar-refractivity contribution in [3.05, 3.63) is 53.3 Å². The molecule has 0 amide bonds. The molecule has 100 valence electrons. The number of rotatable bonds is 3. The fourth-order valence-electron chi connectivity index (χ4n) is 1.89. The third-order valence-electron chi connectivity index (χ3n) is 2.80. The normalized spacial score (nSPS) is 9.85. The van der Waals surface area contributed by atoms with Crippen molar-refractivity contribution in [1.82, 2.24) is 0 Å². The largest absolute Gasteiger partial charge is 0.497 e. The van der Waals surface area contributed by atoms with Crippen LogP contribution < -0.4 is 4.74 Å². The molecule has 0 spiro atoms. The number of nitriles is 1. The Hall–Kier alpha value is -2.87. The summed E-state index contributed by atoms with van der Waals surface area (Å²) in [7, 11) is 1.43. The average Bonchev–Trinajstić information content (AvgIpc) is 2.45. The number of carboxylic acids is 1. The van der Waals surface area contributed by atoms with E-state index in [4.69, 9.17) is 10.00 Å². The highest BCUT2D eigenvalue weighted by Gasteiger charge is 2.14. The van der Waals surface area contributed by atoms with Gasteiger partial charge in [0.05, 0.1) is 24.3 Å². The van der Waals surface area contributed by atoms with Gasteiger partial charge in [-0.05, 0) is 47.5 Å². The Kier molecular flexibility index (Phi) is 3.67. The molecule has 0 bridgehead atoms. The predicted molar refractivity (Wildman–Crippen MR) is 70.1 cm³/mol. The summed E-state index contributed by atoms with van der Waals surface area (Å²) in [6.45, 7) is 0. The highest BCUT2D eigenvalue weighted by Crippen LogP contribution is 2.28. The lowest BCUT2D eigenvalue weighted by Crippen LogP contribution is -2.01. The van der Waals surface area contributed by atoms with Gasteiger partial charge in [-0.15, -0.1) is 0 Å². The summed E-state index contributed by atoms with van der Waals surface area (Å²) in [6, 6.07) is 10.0. The zero-order chi connectivity index (χ0) is 14.7. The van der Waals surface area contributed by atoms with Crippen LogP contribution in [0.1, 0.15) is 15.9 Å². The molecule has 0 unspecified atom stereocenters. The lowest BCUT2D eigenvalue weighted by atomic mass is 9.98. The summed E-state index contributed by atoms with van der Waals surface area (Å²) in [5, 5.41) is 18.1. The molecule has 0 radical (unpaired) electrons. The molecule has 0 saturated heterocycles. The minimum absolute atomic E-state index is 0.0150.